The van der Waals surface area contributed by atoms with E-state index in [1.54, 1.807) is 23.7 Å². The summed E-state index contributed by atoms with van der Waals surface area (Å²) in [5.74, 6) is 1.21. The lowest BCUT2D eigenvalue weighted by molar-refractivity contribution is -0.131. The number of likely N-dealkylation sites (tertiary alicyclic amines) is 1. The largest absolute Gasteiger partial charge is 0.342 e. The molecule has 1 fully saturated rings. The topological polar surface area (TPSA) is 59.0 Å². The highest BCUT2D eigenvalue weighted by molar-refractivity contribution is 7.10. The second kappa shape index (κ2) is 7.96. The molecule has 0 spiro atoms. The standard InChI is InChI=1S/C21H22N4OS/c1-15-23-13-19(16-6-8-22-9-7-16)21(24-15)17-4-2-10-25(14-17)20(26)12-18-5-3-11-27-18/h3,5-9,11,13,17H,2,4,10,12,14H2,1H3/t17-/m1/s1. The lowest BCUT2D eigenvalue weighted by Gasteiger charge is -2.33. The number of aromatic nitrogens is 3. The van der Waals surface area contributed by atoms with Crippen molar-refractivity contribution in [1.29, 1.82) is 0 Å². The van der Waals surface area contributed by atoms with Crippen LogP contribution in [0.4, 0.5) is 0 Å². The molecule has 0 N–H and O–H groups in total. The van der Waals surface area contributed by atoms with E-state index in [1.165, 1.54) is 0 Å². The molecule has 27 heavy (non-hydrogen) atoms. The molecule has 1 amide bonds. The number of carbonyl (C=O) groups is 1. The van der Waals surface area contributed by atoms with E-state index >= 15 is 0 Å². The Labute approximate surface area is 163 Å². The maximum atomic E-state index is 12.8. The zero-order valence-corrected chi connectivity index (χ0v) is 16.2. The minimum Gasteiger partial charge on any atom is -0.342 e. The highest BCUT2D eigenvalue weighted by Crippen LogP contribution is 2.33. The van der Waals surface area contributed by atoms with Crippen LogP contribution in [-0.4, -0.2) is 38.8 Å². The smallest absolute Gasteiger partial charge is 0.227 e. The van der Waals surface area contributed by atoms with Crippen molar-refractivity contribution in [2.24, 2.45) is 0 Å². The summed E-state index contributed by atoms with van der Waals surface area (Å²) in [6, 6.07) is 8.00. The molecule has 1 aliphatic heterocycles. The second-order valence-electron chi connectivity index (χ2n) is 6.89. The predicted molar refractivity (Wildman–Crippen MR) is 107 cm³/mol. The van der Waals surface area contributed by atoms with Gasteiger partial charge in [-0.05, 0) is 48.9 Å². The molecule has 3 aromatic heterocycles. The molecule has 6 heteroatoms. The molecule has 0 bridgehead atoms. The normalized spacial score (nSPS) is 17.1. The molecule has 1 aliphatic rings. The summed E-state index contributed by atoms with van der Waals surface area (Å²) in [5.41, 5.74) is 3.16. The van der Waals surface area contributed by atoms with Gasteiger partial charge in [-0.15, -0.1) is 11.3 Å². The van der Waals surface area contributed by atoms with Crippen LogP contribution >= 0.6 is 11.3 Å². The van der Waals surface area contributed by atoms with Crippen LogP contribution < -0.4 is 0 Å². The fourth-order valence-electron chi connectivity index (χ4n) is 3.65. The number of piperidine rings is 1. The minimum atomic E-state index is 0.207. The first-order valence-corrected chi connectivity index (χ1v) is 10.1. The van der Waals surface area contributed by atoms with Crippen molar-refractivity contribution in [3.8, 4) is 11.1 Å². The summed E-state index contributed by atoms with van der Waals surface area (Å²) in [6.45, 7) is 3.47. The Balaban J connectivity index is 1.58. The van der Waals surface area contributed by atoms with E-state index in [9.17, 15) is 4.79 Å². The number of carbonyl (C=O) groups excluding carboxylic acids is 1. The number of amides is 1. The van der Waals surface area contributed by atoms with E-state index in [0.29, 0.717) is 6.42 Å². The number of aryl methyl sites for hydroxylation is 1. The number of nitrogens with zero attached hydrogens (tertiary/aromatic N) is 4. The Hall–Kier alpha value is -2.60. The van der Waals surface area contributed by atoms with Crippen LogP contribution in [0.3, 0.4) is 0 Å². The third-order valence-corrected chi connectivity index (χ3v) is 5.87. The van der Waals surface area contributed by atoms with Gasteiger partial charge >= 0.3 is 0 Å². The maximum Gasteiger partial charge on any atom is 0.227 e. The van der Waals surface area contributed by atoms with Crippen molar-refractivity contribution in [3.63, 3.8) is 0 Å². The fourth-order valence-corrected chi connectivity index (χ4v) is 4.35. The van der Waals surface area contributed by atoms with Gasteiger partial charge in [0.15, 0.2) is 0 Å². The predicted octanol–water partition coefficient (Wildman–Crippen LogP) is 3.86. The number of hydrogen-bond donors (Lipinski definition) is 0. The van der Waals surface area contributed by atoms with Crippen molar-refractivity contribution >= 4 is 17.2 Å². The van der Waals surface area contributed by atoms with Crippen LogP contribution in [0.1, 0.15) is 35.2 Å². The fraction of sp³-hybridized carbons (Fsp3) is 0.333. The van der Waals surface area contributed by atoms with Crippen LogP contribution in [0.25, 0.3) is 11.1 Å². The number of rotatable bonds is 4. The molecular weight excluding hydrogens is 356 g/mol. The molecule has 0 aliphatic carbocycles. The third-order valence-electron chi connectivity index (χ3n) is 5.00. The summed E-state index contributed by atoms with van der Waals surface area (Å²) in [5, 5.41) is 2.02. The molecule has 0 saturated carbocycles. The first kappa shape index (κ1) is 17.8. The van der Waals surface area contributed by atoms with Gasteiger partial charge in [0, 0.05) is 48.0 Å². The van der Waals surface area contributed by atoms with E-state index in [1.807, 2.05) is 47.7 Å². The minimum absolute atomic E-state index is 0.207. The van der Waals surface area contributed by atoms with Crippen molar-refractivity contribution in [2.45, 2.75) is 32.1 Å². The van der Waals surface area contributed by atoms with Gasteiger partial charge in [0.2, 0.25) is 5.91 Å². The van der Waals surface area contributed by atoms with Gasteiger partial charge in [-0.25, -0.2) is 9.97 Å². The van der Waals surface area contributed by atoms with Crippen molar-refractivity contribution < 1.29 is 4.79 Å². The van der Waals surface area contributed by atoms with E-state index in [4.69, 9.17) is 4.98 Å². The summed E-state index contributed by atoms with van der Waals surface area (Å²) < 4.78 is 0. The van der Waals surface area contributed by atoms with Crippen LogP contribution in [0.2, 0.25) is 0 Å². The van der Waals surface area contributed by atoms with E-state index in [0.717, 1.165) is 53.5 Å². The maximum absolute atomic E-state index is 12.8. The Kier molecular flexibility index (Phi) is 5.25. The van der Waals surface area contributed by atoms with Gasteiger partial charge in [-0.1, -0.05) is 6.07 Å². The molecule has 0 unspecified atom stereocenters. The van der Waals surface area contributed by atoms with Gasteiger partial charge in [0.05, 0.1) is 12.1 Å². The Morgan fingerprint density at radius 1 is 1.30 bits per heavy atom. The highest BCUT2D eigenvalue weighted by atomic mass is 32.1. The van der Waals surface area contributed by atoms with E-state index in [-0.39, 0.29) is 11.8 Å². The van der Waals surface area contributed by atoms with Gasteiger partial charge in [-0.3, -0.25) is 9.78 Å². The zero-order valence-electron chi connectivity index (χ0n) is 15.3. The van der Waals surface area contributed by atoms with Gasteiger partial charge < -0.3 is 4.90 Å². The first-order chi connectivity index (χ1) is 13.2. The average Bonchev–Trinajstić information content (AvgIpc) is 3.22. The first-order valence-electron chi connectivity index (χ1n) is 9.25. The molecule has 0 radical (unpaired) electrons. The van der Waals surface area contributed by atoms with E-state index < -0.39 is 0 Å². The number of hydrogen-bond acceptors (Lipinski definition) is 5. The summed E-state index contributed by atoms with van der Waals surface area (Å²) in [6.07, 6.45) is 8.01. The second-order valence-corrected chi connectivity index (χ2v) is 7.92. The lowest BCUT2D eigenvalue weighted by Crippen LogP contribution is -2.40. The SMILES string of the molecule is Cc1ncc(-c2ccncc2)c([C@@H]2CCCN(C(=O)Cc3cccs3)C2)n1. The summed E-state index contributed by atoms with van der Waals surface area (Å²) in [4.78, 5) is 29.2. The molecule has 4 rings (SSSR count). The quantitative estimate of drug-likeness (QED) is 0.692. The third kappa shape index (κ3) is 4.06. The number of thiophene rings is 1. The molecule has 138 valence electrons. The molecule has 4 heterocycles. The number of pyridine rings is 1. The van der Waals surface area contributed by atoms with Crippen LogP contribution in [0.15, 0.2) is 48.2 Å². The molecule has 3 aromatic rings. The monoisotopic (exact) mass is 378 g/mol. The van der Waals surface area contributed by atoms with Crippen molar-refractivity contribution in [2.75, 3.05) is 13.1 Å². The molecule has 1 atom stereocenters. The van der Waals surface area contributed by atoms with Gasteiger partial charge in [0.1, 0.15) is 5.82 Å². The van der Waals surface area contributed by atoms with Crippen LogP contribution in [0.5, 0.6) is 0 Å². The van der Waals surface area contributed by atoms with Crippen LogP contribution in [0, 0.1) is 6.92 Å². The average molecular weight is 379 g/mol. The summed E-state index contributed by atoms with van der Waals surface area (Å²) >= 11 is 1.64. The lowest BCUT2D eigenvalue weighted by atomic mass is 9.90. The molecule has 0 aromatic carbocycles. The van der Waals surface area contributed by atoms with E-state index in [2.05, 4.69) is 9.97 Å². The highest BCUT2D eigenvalue weighted by Gasteiger charge is 2.28. The van der Waals surface area contributed by atoms with Crippen molar-refractivity contribution in [1.82, 2.24) is 19.9 Å². The van der Waals surface area contributed by atoms with Gasteiger partial charge in [0.25, 0.3) is 0 Å². The Morgan fingerprint density at radius 2 is 2.15 bits per heavy atom. The van der Waals surface area contributed by atoms with Crippen LogP contribution in [-0.2, 0) is 11.2 Å². The molecule has 5 nitrogen and oxygen atoms in total. The van der Waals surface area contributed by atoms with Crippen molar-refractivity contribution in [3.05, 3.63) is 64.6 Å². The Morgan fingerprint density at radius 3 is 2.93 bits per heavy atom. The Bertz CT molecular complexity index is 911. The molecule has 1 saturated heterocycles. The summed E-state index contributed by atoms with van der Waals surface area (Å²) in [7, 11) is 0. The zero-order chi connectivity index (χ0) is 18.6. The van der Waals surface area contributed by atoms with Gasteiger partial charge in [-0.2, -0.15) is 0 Å². The molecular formula is C21H22N4OS.